The lowest BCUT2D eigenvalue weighted by atomic mass is 9.96. The van der Waals surface area contributed by atoms with Gasteiger partial charge in [-0.3, -0.25) is 19.7 Å². The van der Waals surface area contributed by atoms with Gasteiger partial charge in [0.05, 0.1) is 31.6 Å². The predicted octanol–water partition coefficient (Wildman–Crippen LogP) is 2.21. The Kier molecular flexibility index (Phi) is 11.5. The Morgan fingerprint density at radius 3 is 2.65 bits per heavy atom. The smallest absolute Gasteiger partial charge is 0.236 e. The largest absolute Gasteiger partial charge is 0.379 e. The zero-order valence-electron chi connectivity index (χ0n) is 20.1. The van der Waals surface area contributed by atoms with Crippen LogP contribution in [0.5, 0.6) is 0 Å². The molecule has 1 aromatic heterocycles. The highest BCUT2D eigenvalue weighted by Gasteiger charge is 2.32. The van der Waals surface area contributed by atoms with E-state index in [4.69, 9.17) is 15.3 Å². The van der Waals surface area contributed by atoms with Crippen LogP contribution in [0.15, 0.2) is 29.5 Å². The summed E-state index contributed by atoms with van der Waals surface area (Å²) in [5, 5.41) is 3.01. The van der Waals surface area contributed by atoms with Crippen LogP contribution in [-0.2, 0) is 19.6 Å². The fourth-order valence-electron chi connectivity index (χ4n) is 4.27. The van der Waals surface area contributed by atoms with Gasteiger partial charge in [0, 0.05) is 44.3 Å². The van der Waals surface area contributed by atoms with Crippen molar-refractivity contribution in [3.8, 4) is 0 Å². The molecule has 1 aliphatic carbocycles. The van der Waals surface area contributed by atoms with Gasteiger partial charge >= 0.3 is 0 Å². The summed E-state index contributed by atoms with van der Waals surface area (Å²) < 4.78 is 33.0. The lowest BCUT2D eigenvalue weighted by Crippen LogP contribution is -2.45. The zero-order valence-corrected chi connectivity index (χ0v) is 20.9. The van der Waals surface area contributed by atoms with E-state index < -0.39 is 10.0 Å². The number of hydrogen-bond donors (Lipinski definition) is 2. The average molecular weight is 497 g/mol. The number of unbranched alkanes of at least 4 members (excludes halogenated alkanes) is 2. The van der Waals surface area contributed by atoms with E-state index in [-0.39, 0.29) is 11.8 Å². The fraction of sp³-hybridized carbons (Fsp3) is 0.739. The Labute approximate surface area is 203 Å². The van der Waals surface area contributed by atoms with Crippen molar-refractivity contribution < 1.29 is 18.0 Å². The van der Waals surface area contributed by atoms with Crippen molar-refractivity contribution in [1.29, 1.82) is 0 Å². The number of hydrogen-bond acceptors (Lipinski definition) is 7. The number of sulfonamides is 1. The monoisotopic (exact) mass is 496 g/mol. The molecule has 3 rings (SSSR count). The lowest BCUT2D eigenvalue weighted by Gasteiger charge is -2.33. The molecule has 192 valence electrons. The van der Waals surface area contributed by atoms with E-state index in [0.717, 1.165) is 83.5 Å². The molecular weight excluding hydrogens is 456 g/mol. The van der Waals surface area contributed by atoms with Gasteiger partial charge in [-0.2, -0.15) is 0 Å². The van der Waals surface area contributed by atoms with Gasteiger partial charge in [0.15, 0.2) is 5.96 Å². The molecule has 1 saturated carbocycles. The van der Waals surface area contributed by atoms with E-state index in [9.17, 15) is 8.42 Å². The minimum atomic E-state index is -3.48. The molecule has 0 radical (unpaired) electrons. The highest BCUT2D eigenvalue weighted by Crippen LogP contribution is 2.26. The van der Waals surface area contributed by atoms with E-state index in [0.29, 0.717) is 25.5 Å². The van der Waals surface area contributed by atoms with Crippen LogP contribution < -0.4 is 11.1 Å². The first kappa shape index (κ1) is 26.8. The highest BCUT2D eigenvalue weighted by molar-refractivity contribution is 7.88. The molecule has 34 heavy (non-hydrogen) atoms. The number of aliphatic imine (C=N–C) groups is 1. The molecule has 0 aromatic carbocycles. The summed E-state index contributed by atoms with van der Waals surface area (Å²) in [6, 6.07) is 3.58. The lowest BCUT2D eigenvalue weighted by molar-refractivity contribution is -0.126. The molecule has 1 aliphatic heterocycles. The quantitative estimate of drug-likeness (QED) is 0.184. The molecule has 0 spiro atoms. The summed E-state index contributed by atoms with van der Waals surface area (Å²) in [7, 11) is -3.48. The van der Waals surface area contributed by atoms with Gasteiger partial charge in [0.1, 0.15) is 0 Å². The summed E-state index contributed by atoms with van der Waals surface area (Å²) in [5.74, 6) is 0.436. The third-order valence-corrected chi connectivity index (χ3v) is 7.93. The molecule has 0 atom stereocenters. The van der Waals surface area contributed by atoms with Crippen molar-refractivity contribution in [1.82, 2.24) is 14.4 Å². The molecule has 3 N–H and O–H groups in total. The van der Waals surface area contributed by atoms with Crippen LogP contribution in [0.4, 0.5) is 5.69 Å². The molecule has 0 amide bonds. The predicted molar refractivity (Wildman–Crippen MR) is 134 cm³/mol. The van der Waals surface area contributed by atoms with E-state index >= 15 is 0 Å². The maximum Gasteiger partial charge on any atom is 0.236 e. The maximum atomic E-state index is 13.2. The Morgan fingerprint density at radius 1 is 1.18 bits per heavy atom. The van der Waals surface area contributed by atoms with Gasteiger partial charge in [0.2, 0.25) is 10.0 Å². The number of nitrogens with one attached hydrogen (secondary N) is 1. The van der Waals surface area contributed by atoms with E-state index in [1.165, 1.54) is 4.47 Å². The van der Waals surface area contributed by atoms with Crippen LogP contribution in [0.25, 0.3) is 0 Å². The summed E-state index contributed by atoms with van der Waals surface area (Å²) in [6.45, 7) is 4.82. The molecule has 10 nitrogen and oxygen atoms in total. The van der Waals surface area contributed by atoms with Crippen LogP contribution in [0.2, 0.25) is 0 Å². The fourth-order valence-corrected chi connectivity index (χ4v) is 5.92. The molecule has 11 heteroatoms. The number of aromatic nitrogens is 1. The molecule has 2 heterocycles. The number of morpholine rings is 1. The Balaban J connectivity index is 1.41. The second-order valence-electron chi connectivity index (χ2n) is 8.84. The highest BCUT2D eigenvalue weighted by atomic mass is 32.2. The molecule has 1 saturated heterocycles. The van der Waals surface area contributed by atoms with Gasteiger partial charge in [-0.25, -0.2) is 8.42 Å². The normalized spacial score (nSPS) is 18.9. The maximum absolute atomic E-state index is 13.2. The van der Waals surface area contributed by atoms with E-state index in [1.807, 2.05) is 12.1 Å². The minimum absolute atomic E-state index is 0.0490. The van der Waals surface area contributed by atoms with Crippen LogP contribution in [-0.4, -0.2) is 86.5 Å². The summed E-state index contributed by atoms with van der Waals surface area (Å²) in [6.07, 6.45) is 10.5. The molecule has 2 aliphatic rings. The second kappa shape index (κ2) is 14.6. The molecule has 0 unspecified atom stereocenters. The third kappa shape index (κ3) is 9.46. The van der Waals surface area contributed by atoms with Gasteiger partial charge in [0.25, 0.3) is 0 Å². The molecule has 0 bridgehead atoms. The van der Waals surface area contributed by atoms with Gasteiger partial charge in [-0.1, -0.05) is 30.2 Å². The Hall–Kier alpha value is -1.79. The number of hydroxylamine groups is 1. The number of ether oxygens (including phenoxy) is 1. The molecule has 2 fully saturated rings. The number of anilines is 1. The molecular formula is C23H40N6O4S. The summed E-state index contributed by atoms with van der Waals surface area (Å²) in [5.41, 5.74) is 6.73. The van der Waals surface area contributed by atoms with Crippen LogP contribution in [0.1, 0.15) is 51.4 Å². The van der Waals surface area contributed by atoms with Gasteiger partial charge < -0.3 is 15.8 Å². The average Bonchev–Trinajstić information content (AvgIpc) is 2.85. The van der Waals surface area contributed by atoms with Crippen molar-refractivity contribution in [2.75, 3.05) is 57.1 Å². The molecule has 1 aromatic rings. The van der Waals surface area contributed by atoms with Crippen molar-refractivity contribution in [3.63, 3.8) is 0 Å². The first-order valence-electron chi connectivity index (χ1n) is 12.5. The Bertz CT molecular complexity index is 827. The van der Waals surface area contributed by atoms with Crippen LogP contribution in [0, 0.1) is 0 Å². The van der Waals surface area contributed by atoms with Crippen molar-refractivity contribution in [2.45, 2.75) is 57.4 Å². The van der Waals surface area contributed by atoms with Crippen LogP contribution >= 0.6 is 0 Å². The minimum Gasteiger partial charge on any atom is -0.379 e. The first-order chi connectivity index (χ1) is 16.5. The first-order valence-corrected chi connectivity index (χ1v) is 14.1. The van der Waals surface area contributed by atoms with Crippen molar-refractivity contribution in [3.05, 3.63) is 24.5 Å². The zero-order chi connectivity index (χ0) is 24.1. The van der Waals surface area contributed by atoms with E-state index in [2.05, 4.69) is 20.2 Å². The van der Waals surface area contributed by atoms with Crippen molar-refractivity contribution in [2.24, 2.45) is 10.7 Å². The third-order valence-electron chi connectivity index (χ3n) is 6.17. The number of nitrogens with two attached hydrogens (primary N) is 1. The van der Waals surface area contributed by atoms with Crippen LogP contribution in [0.3, 0.4) is 0 Å². The number of guanidine groups is 1. The summed E-state index contributed by atoms with van der Waals surface area (Å²) in [4.78, 5) is 16.5. The van der Waals surface area contributed by atoms with E-state index in [1.54, 1.807) is 12.4 Å². The topological polar surface area (TPSA) is 122 Å². The van der Waals surface area contributed by atoms with Gasteiger partial charge in [-0.15, -0.1) is 0 Å². The van der Waals surface area contributed by atoms with Gasteiger partial charge in [-0.05, 0) is 37.8 Å². The SMILES string of the molecule is NC(=NCCCCCS(=O)(=O)N(OCCN1CCOCC1)C1CCCCC1)Nc1ccncc1. The summed E-state index contributed by atoms with van der Waals surface area (Å²) >= 11 is 0. The number of rotatable bonds is 13. The second-order valence-corrected chi connectivity index (χ2v) is 10.8. The van der Waals surface area contributed by atoms with Crippen molar-refractivity contribution >= 4 is 21.7 Å². The standard InChI is InChI=1S/C23H40N6O4S/c24-23(27-21-9-12-25-13-10-21)26-11-5-2-6-20-34(30,31)29(22-7-3-1-4-8-22)33-19-16-28-14-17-32-18-15-28/h9-10,12-13,22H,1-8,11,14-20H2,(H3,24,25,26,27). The number of nitrogens with zero attached hydrogens (tertiary/aromatic N) is 4. The Morgan fingerprint density at radius 2 is 1.91 bits per heavy atom. The number of pyridine rings is 1.